The number of nitriles is 1. The molecule has 0 heterocycles. The van der Waals surface area contributed by atoms with Crippen molar-refractivity contribution in [3.05, 3.63) is 28.8 Å². The predicted molar refractivity (Wildman–Crippen MR) is 70.7 cm³/mol. The zero-order valence-corrected chi connectivity index (χ0v) is 10.9. The fourth-order valence-corrected chi connectivity index (χ4v) is 1.76. The van der Waals surface area contributed by atoms with Crippen molar-refractivity contribution < 1.29 is 9.90 Å². The maximum absolute atomic E-state index is 10.6. The van der Waals surface area contributed by atoms with Crippen molar-refractivity contribution in [2.75, 3.05) is 11.9 Å². The SMILES string of the molecule is CC(CCCNc1cccc(Cl)c1C#N)C(=O)O. The molecule has 1 aromatic rings. The molecule has 4 nitrogen and oxygen atoms in total. The topological polar surface area (TPSA) is 73.1 Å². The molecule has 0 fully saturated rings. The molecule has 1 rings (SSSR count). The van der Waals surface area contributed by atoms with E-state index in [0.29, 0.717) is 29.2 Å². The number of nitrogens with zero attached hydrogens (tertiary/aromatic N) is 1. The fourth-order valence-electron chi connectivity index (χ4n) is 1.54. The van der Waals surface area contributed by atoms with Crippen LogP contribution < -0.4 is 5.32 Å². The monoisotopic (exact) mass is 266 g/mol. The van der Waals surface area contributed by atoms with Crippen molar-refractivity contribution in [2.45, 2.75) is 19.8 Å². The van der Waals surface area contributed by atoms with Crippen LogP contribution in [0.5, 0.6) is 0 Å². The highest BCUT2D eigenvalue weighted by atomic mass is 35.5. The molecule has 0 saturated carbocycles. The van der Waals surface area contributed by atoms with E-state index in [9.17, 15) is 4.79 Å². The standard InChI is InChI=1S/C13H15ClN2O2/c1-9(13(17)18)4-3-7-16-12-6-2-5-11(14)10(12)8-15/h2,5-6,9,16H,3-4,7H2,1H3,(H,17,18). The lowest BCUT2D eigenvalue weighted by molar-refractivity contribution is -0.141. The molecule has 0 bridgehead atoms. The number of rotatable bonds is 6. The van der Waals surface area contributed by atoms with E-state index in [0.717, 1.165) is 6.42 Å². The maximum atomic E-state index is 10.6. The Labute approximate surface area is 111 Å². The van der Waals surface area contributed by atoms with Gasteiger partial charge >= 0.3 is 5.97 Å². The van der Waals surface area contributed by atoms with Crippen LogP contribution in [0.25, 0.3) is 0 Å². The molecule has 0 aliphatic heterocycles. The minimum atomic E-state index is -0.782. The summed E-state index contributed by atoms with van der Waals surface area (Å²) in [6.45, 7) is 2.30. The molecule has 1 unspecified atom stereocenters. The Balaban J connectivity index is 2.48. The Morgan fingerprint density at radius 2 is 2.33 bits per heavy atom. The molecular formula is C13H15ClN2O2. The number of benzene rings is 1. The van der Waals surface area contributed by atoms with Gasteiger partial charge < -0.3 is 10.4 Å². The summed E-state index contributed by atoms with van der Waals surface area (Å²) < 4.78 is 0. The van der Waals surface area contributed by atoms with Gasteiger partial charge in [-0.1, -0.05) is 24.6 Å². The Morgan fingerprint density at radius 3 is 2.94 bits per heavy atom. The second kappa shape index (κ2) is 6.87. The minimum Gasteiger partial charge on any atom is -0.481 e. The van der Waals surface area contributed by atoms with Gasteiger partial charge in [0.15, 0.2) is 0 Å². The third kappa shape index (κ3) is 3.94. The summed E-state index contributed by atoms with van der Waals surface area (Å²) in [6.07, 6.45) is 1.33. The summed E-state index contributed by atoms with van der Waals surface area (Å²) >= 11 is 5.89. The lowest BCUT2D eigenvalue weighted by atomic mass is 10.1. The molecule has 0 amide bonds. The quantitative estimate of drug-likeness (QED) is 0.776. The van der Waals surface area contributed by atoms with Crippen molar-refractivity contribution >= 4 is 23.3 Å². The van der Waals surface area contributed by atoms with E-state index in [1.165, 1.54) is 0 Å². The zero-order valence-electron chi connectivity index (χ0n) is 10.1. The molecule has 0 aromatic heterocycles. The van der Waals surface area contributed by atoms with E-state index < -0.39 is 5.97 Å². The Kier molecular flexibility index (Phi) is 5.47. The van der Waals surface area contributed by atoms with Crippen LogP contribution in [0.4, 0.5) is 5.69 Å². The zero-order chi connectivity index (χ0) is 13.5. The van der Waals surface area contributed by atoms with Gasteiger partial charge in [0.1, 0.15) is 6.07 Å². The lowest BCUT2D eigenvalue weighted by Crippen LogP contribution is -2.12. The van der Waals surface area contributed by atoms with Gasteiger partial charge in [-0.2, -0.15) is 5.26 Å². The maximum Gasteiger partial charge on any atom is 0.306 e. The van der Waals surface area contributed by atoms with Crippen molar-refractivity contribution in [3.63, 3.8) is 0 Å². The average Bonchev–Trinajstić information content (AvgIpc) is 2.34. The second-order valence-corrected chi connectivity index (χ2v) is 4.49. The minimum absolute atomic E-state index is 0.346. The van der Waals surface area contributed by atoms with E-state index in [-0.39, 0.29) is 5.92 Å². The van der Waals surface area contributed by atoms with E-state index in [4.69, 9.17) is 22.0 Å². The highest BCUT2D eigenvalue weighted by Crippen LogP contribution is 2.23. The summed E-state index contributed by atoms with van der Waals surface area (Å²) in [4.78, 5) is 10.6. The number of carboxylic acid groups (broad SMARTS) is 1. The first kappa shape index (κ1) is 14.3. The van der Waals surface area contributed by atoms with Crippen LogP contribution in [0.15, 0.2) is 18.2 Å². The van der Waals surface area contributed by atoms with E-state index in [1.54, 1.807) is 25.1 Å². The van der Waals surface area contributed by atoms with Gasteiger partial charge in [0.25, 0.3) is 0 Å². The van der Waals surface area contributed by atoms with Gasteiger partial charge in [-0.05, 0) is 25.0 Å². The van der Waals surface area contributed by atoms with Crippen LogP contribution in [-0.4, -0.2) is 17.6 Å². The smallest absolute Gasteiger partial charge is 0.306 e. The largest absolute Gasteiger partial charge is 0.481 e. The van der Waals surface area contributed by atoms with Crippen LogP contribution in [0, 0.1) is 17.2 Å². The van der Waals surface area contributed by atoms with Crippen LogP contribution >= 0.6 is 11.6 Å². The number of carboxylic acids is 1. The first-order chi connectivity index (χ1) is 8.56. The van der Waals surface area contributed by atoms with E-state index >= 15 is 0 Å². The van der Waals surface area contributed by atoms with Crippen LogP contribution in [-0.2, 0) is 4.79 Å². The first-order valence-electron chi connectivity index (χ1n) is 5.71. The number of hydrogen-bond acceptors (Lipinski definition) is 3. The Hall–Kier alpha value is -1.73. The molecule has 18 heavy (non-hydrogen) atoms. The van der Waals surface area contributed by atoms with Crippen LogP contribution in [0.2, 0.25) is 5.02 Å². The van der Waals surface area contributed by atoms with Crippen LogP contribution in [0.3, 0.4) is 0 Å². The van der Waals surface area contributed by atoms with Gasteiger partial charge in [0, 0.05) is 6.54 Å². The molecule has 2 N–H and O–H groups in total. The number of aliphatic carboxylic acids is 1. The molecule has 1 atom stereocenters. The molecule has 1 aromatic carbocycles. The first-order valence-corrected chi connectivity index (χ1v) is 6.09. The van der Waals surface area contributed by atoms with Crippen molar-refractivity contribution in [1.82, 2.24) is 0 Å². The van der Waals surface area contributed by atoms with Gasteiger partial charge in [-0.25, -0.2) is 0 Å². The second-order valence-electron chi connectivity index (χ2n) is 4.08. The molecule has 0 spiro atoms. The summed E-state index contributed by atoms with van der Waals surface area (Å²) in [5.74, 6) is -1.13. The Morgan fingerprint density at radius 1 is 1.61 bits per heavy atom. The number of halogens is 1. The molecule has 0 radical (unpaired) electrons. The Bertz CT molecular complexity index is 469. The molecule has 96 valence electrons. The summed E-state index contributed by atoms with van der Waals surface area (Å²) in [6, 6.07) is 7.26. The number of hydrogen-bond donors (Lipinski definition) is 2. The van der Waals surface area contributed by atoms with Crippen LogP contribution in [0.1, 0.15) is 25.3 Å². The molecule has 0 aliphatic carbocycles. The molecular weight excluding hydrogens is 252 g/mol. The van der Waals surface area contributed by atoms with Gasteiger partial charge in [0.05, 0.1) is 22.2 Å². The summed E-state index contributed by atoms with van der Waals surface area (Å²) in [5.41, 5.74) is 1.11. The number of carbonyl (C=O) groups is 1. The molecule has 0 aliphatic rings. The third-order valence-corrected chi connectivity index (χ3v) is 2.99. The lowest BCUT2D eigenvalue weighted by Gasteiger charge is -2.10. The van der Waals surface area contributed by atoms with Gasteiger partial charge in [-0.15, -0.1) is 0 Å². The van der Waals surface area contributed by atoms with Gasteiger partial charge in [0.2, 0.25) is 0 Å². The highest BCUT2D eigenvalue weighted by Gasteiger charge is 2.10. The number of anilines is 1. The fraction of sp³-hybridized carbons (Fsp3) is 0.385. The van der Waals surface area contributed by atoms with E-state index in [1.807, 2.05) is 6.07 Å². The van der Waals surface area contributed by atoms with Crippen molar-refractivity contribution in [1.29, 1.82) is 5.26 Å². The van der Waals surface area contributed by atoms with Crippen molar-refractivity contribution in [2.24, 2.45) is 5.92 Å². The number of nitrogens with one attached hydrogen (secondary N) is 1. The van der Waals surface area contributed by atoms with E-state index in [2.05, 4.69) is 5.32 Å². The highest BCUT2D eigenvalue weighted by molar-refractivity contribution is 6.32. The normalized spacial score (nSPS) is 11.6. The van der Waals surface area contributed by atoms with Crippen molar-refractivity contribution in [3.8, 4) is 6.07 Å². The third-order valence-electron chi connectivity index (χ3n) is 2.68. The summed E-state index contributed by atoms with van der Waals surface area (Å²) in [5, 5.41) is 21.2. The van der Waals surface area contributed by atoms with Gasteiger partial charge in [-0.3, -0.25) is 4.79 Å². The molecule has 0 saturated heterocycles. The predicted octanol–water partition coefficient (Wildman–Crippen LogP) is 3.12. The molecule has 5 heteroatoms. The summed E-state index contributed by atoms with van der Waals surface area (Å²) in [7, 11) is 0. The average molecular weight is 267 g/mol.